The van der Waals surface area contributed by atoms with Gasteiger partial charge in [0.2, 0.25) is 11.0 Å². The first-order chi connectivity index (χ1) is 13.7. The summed E-state index contributed by atoms with van der Waals surface area (Å²) >= 11 is 2.64. The molecule has 154 valence electrons. The first-order valence-corrected chi connectivity index (χ1v) is 10.9. The van der Waals surface area contributed by atoms with Crippen LogP contribution in [0.2, 0.25) is 0 Å². The van der Waals surface area contributed by atoms with Gasteiger partial charge in [-0.2, -0.15) is 0 Å². The van der Waals surface area contributed by atoms with Crippen molar-refractivity contribution in [1.29, 1.82) is 0 Å². The second kappa shape index (κ2) is 8.91. The van der Waals surface area contributed by atoms with Crippen molar-refractivity contribution in [3.8, 4) is 5.75 Å². The van der Waals surface area contributed by atoms with Crippen molar-refractivity contribution in [2.24, 2.45) is 7.05 Å². The maximum absolute atomic E-state index is 12.0. The Kier molecular flexibility index (Phi) is 6.53. The summed E-state index contributed by atoms with van der Waals surface area (Å²) in [4.78, 5) is 12.0. The van der Waals surface area contributed by atoms with Crippen LogP contribution >= 0.6 is 23.1 Å². The number of hydrogen-bond acceptors (Lipinski definition) is 8. The highest BCUT2D eigenvalue weighted by molar-refractivity contribution is 7.99. The van der Waals surface area contributed by atoms with Crippen molar-refractivity contribution in [3.05, 3.63) is 40.7 Å². The Morgan fingerprint density at radius 1 is 1.17 bits per heavy atom. The molecule has 3 rings (SSSR count). The summed E-state index contributed by atoms with van der Waals surface area (Å²) in [6.07, 6.45) is 0. The van der Waals surface area contributed by atoms with Gasteiger partial charge in [-0.05, 0) is 30.0 Å². The van der Waals surface area contributed by atoms with Crippen LogP contribution in [0.3, 0.4) is 0 Å². The van der Waals surface area contributed by atoms with Gasteiger partial charge in [-0.15, -0.1) is 20.4 Å². The van der Waals surface area contributed by atoms with Gasteiger partial charge in [-0.1, -0.05) is 56.0 Å². The van der Waals surface area contributed by atoms with Crippen LogP contribution in [0.5, 0.6) is 5.75 Å². The van der Waals surface area contributed by atoms with E-state index in [0.717, 1.165) is 10.8 Å². The first kappa shape index (κ1) is 21.3. The number of anilines is 1. The molecule has 1 N–H and O–H groups in total. The molecule has 0 aliphatic heterocycles. The van der Waals surface area contributed by atoms with Crippen molar-refractivity contribution < 1.29 is 9.53 Å². The number of thioether (sulfide) groups is 1. The fourth-order valence-electron chi connectivity index (χ4n) is 2.43. The molecule has 1 amide bonds. The lowest BCUT2D eigenvalue weighted by molar-refractivity contribution is -0.113. The summed E-state index contributed by atoms with van der Waals surface area (Å²) in [6.45, 7) is 8.67. The standard InChI is InChI=1S/C19H24N6O2S2/c1-12-21-23-17(29-12)20-16(26)11-28-18-24-22-15(25(18)5)10-27-14-8-6-13(7-9-14)19(2,3)4/h6-9H,10-11H2,1-5H3,(H,20,23,26). The van der Waals surface area contributed by atoms with E-state index in [2.05, 4.69) is 58.6 Å². The first-order valence-electron chi connectivity index (χ1n) is 9.07. The number of hydrogen-bond donors (Lipinski definition) is 1. The van der Waals surface area contributed by atoms with Crippen molar-refractivity contribution in [3.63, 3.8) is 0 Å². The summed E-state index contributed by atoms with van der Waals surface area (Å²) in [7, 11) is 1.86. The molecule has 0 spiro atoms. The van der Waals surface area contributed by atoms with Gasteiger partial charge in [0.05, 0.1) is 5.75 Å². The van der Waals surface area contributed by atoms with Crippen LogP contribution in [0.1, 0.15) is 37.2 Å². The number of aromatic nitrogens is 5. The van der Waals surface area contributed by atoms with Crippen LogP contribution in [0.4, 0.5) is 5.13 Å². The highest BCUT2D eigenvalue weighted by Gasteiger charge is 2.15. The number of carbonyl (C=O) groups is 1. The van der Waals surface area contributed by atoms with Gasteiger partial charge < -0.3 is 9.30 Å². The number of nitrogens with one attached hydrogen (secondary N) is 1. The molecule has 2 aromatic heterocycles. The number of carbonyl (C=O) groups excluding carboxylic acids is 1. The molecule has 0 unspecified atom stereocenters. The molecule has 0 aliphatic carbocycles. The Hall–Kier alpha value is -2.46. The van der Waals surface area contributed by atoms with Gasteiger partial charge in [0.1, 0.15) is 17.4 Å². The van der Waals surface area contributed by atoms with E-state index in [-0.39, 0.29) is 17.1 Å². The fourth-order valence-corrected chi connectivity index (χ4v) is 3.77. The van der Waals surface area contributed by atoms with E-state index in [1.807, 2.05) is 30.7 Å². The van der Waals surface area contributed by atoms with Gasteiger partial charge in [0, 0.05) is 7.05 Å². The smallest absolute Gasteiger partial charge is 0.236 e. The van der Waals surface area contributed by atoms with E-state index in [4.69, 9.17) is 4.74 Å². The van der Waals surface area contributed by atoms with Crippen LogP contribution in [-0.4, -0.2) is 36.6 Å². The van der Waals surface area contributed by atoms with Crippen LogP contribution < -0.4 is 10.1 Å². The van der Waals surface area contributed by atoms with Gasteiger partial charge >= 0.3 is 0 Å². The highest BCUT2D eigenvalue weighted by atomic mass is 32.2. The lowest BCUT2D eigenvalue weighted by Gasteiger charge is -2.19. The molecule has 0 atom stereocenters. The van der Waals surface area contributed by atoms with E-state index < -0.39 is 0 Å². The maximum atomic E-state index is 12.0. The molecule has 1 aromatic carbocycles. The third-order valence-electron chi connectivity index (χ3n) is 4.12. The summed E-state index contributed by atoms with van der Waals surface area (Å²) in [6, 6.07) is 8.08. The second-order valence-corrected chi connectivity index (χ2v) is 9.61. The number of amides is 1. The van der Waals surface area contributed by atoms with Crippen LogP contribution in [0.25, 0.3) is 0 Å². The topological polar surface area (TPSA) is 94.8 Å². The minimum atomic E-state index is -0.161. The van der Waals surface area contributed by atoms with E-state index in [0.29, 0.717) is 22.7 Å². The van der Waals surface area contributed by atoms with Crippen molar-refractivity contribution in [1.82, 2.24) is 25.0 Å². The summed E-state index contributed by atoms with van der Waals surface area (Å²) in [5, 5.41) is 20.7. The van der Waals surface area contributed by atoms with E-state index in [9.17, 15) is 4.79 Å². The minimum Gasteiger partial charge on any atom is -0.486 e. The molecule has 10 heteroatoms. The molecule has 0 aliphatic rings. The number of ether oxygens (including phenoxy) is 1. The fraction of sp³-hybridized carbons (Fsp3) is 0.421. The third-order valence-corrected chi connectivity index (χ3v) is 5.89. The quantitative estimate of drug-likeness (QED) is 0.570. The molecule has 0 bridgehead atoms. The lowest BCUT2D eigenvalue weighted by Crippen LogP contribution is -2.14. The molecule has 0 saturated carbocycles. The van der Waals surface area contributed by atoms with Gasteiger partial charge in [0.25, 0.3) is 0 Å². The Balaban J connectivity index is 1.52. The normalized spacial score (nSPS) is 11.5. The van der Waals surface area contributed by atoms with Gasteiger partial charge in [-0.3, -0.25) is 10.1 Å². The zero-order chi connectivity index (χ0) is 21.0. The zero-order valence-electron chi connectivity index (χ0n) is 17.1. The van der Waals surface area contributed by atoms with Crippen LogP contribution in [0.15, 0.2) is 29.4 Å². The number of aryl methyl sites for hydroxylation is 1. The second-order valence-electron chi connectivity index (χ2n) is 7.48. The molecule has 3 aromatic rings. The van der Waals surface area contributed by atoms with E-state index >= 15 is 0 Å². The molecule has 29 heavy (non-hydrogen) atoms. The third kappa shape index (κ3) is 5.77. The molecular formula is C19H24N6O2S2. The number of nitrogens with zero attached hydrogens (tertiary/aromatic N) is 5. The maximum Gasteiger partial charge on any atom is 0.236 e. The highest BCUT2D eigenvalue weighted by Crippen LogP contribution is 2.25. The number of benzene rings is 1. The Morgan fingerprint density at radius 2 is 1.90 bits per heavy atom. The van der Waals surface area contributed by atoms with E-state index in [1.54, 1.807) is 0 Å². The van der Waals surface area contributed by atoms with Crippen LogP contribution in [-0.2, 0) is 23.9 Å². The van der Waals surface area contributed by atoms with Gasteiger partial charge in [0.15, 0.2) is 11.0 Å². The lowest BCUT2D eigenvalue weighted by atomic mass is 9.87. The predicted molar refractivity (Wildman–Crippen MR) is 114 cm³/mol. The zero-order valence-corrected chi connectivity index (χ0v) is 18.7. The summed E-state index contributed by atoms with van der Waals surface area (Å²) in [5.41, 5.74) is 1.36. The molecule has 0 fully saturated rings. The Morgan fingerprint density at radius 3 is 2.52 bits per heavy atom. The molecule has 2 heterocycles. The minimum absolute atomic E-state index is 0.107. The van der Waals surface area contributed by atoms with Crippen molar-refractivity contribution in [2.75, 3.05) is 11.1 Å². The average molecular weight is 433 g/mol. The van der Waals surface area contributed by atoms with E-state index in [1.165, 1.54) is 28.7 Å². The van der Waals surface area contributed by atoms with Gasteiger partial charge in [-0.25, -0.2) is 0 Å². The summed E-state index contributed by atoms with van der Waals surface area (Å²) < 4.78 is 7.67. The average Bonchev–Trinajstić information content (AvgIpc) is 3.23. The summed E-state index contributed by atoms with van der Waals surface area (Å²) in [5.74, 6) is 1.51. The number of rotatable bonds is 7. The molecule has 0 radical (unpaired) electrons. The largest absolute Gasteiger partial charge is 0.486 e. The van der Waals surface area contributed by atoms with Crippen LogP contribution in [0, 0.1) is 6.92 Å². The molecular weight excluding hydrogens is 408 g/mol. The Labute approximate surface area is 178 Å². The molecule has 0 saturated heterocycles. The SMILES string of the molecule is Cc1nnc(NC(=O)CSc2nnc(COc3ccc(C(C)(C)C)cc3)n2C)s1. The van der Waals surface area contributed by atoms with Crippen molar-refractivity contribution >= 4 is 34.1 Å². The predicted octanol–water partition coefficient (Wildman–Crippen LogP) is 3.58. The van der Waals surface area contributed by atoms with Crippen molar-refractivity contribution in [2.45, 2.75) is 44.9 Å². The monoisotopic (exact) mass is 432 g/mol. The Bertz CT molecular complexity index is 975. The molecule has 8 nitrogen and oxygen atoms in total.